The number of methoxy groups -OCH3 is 1. The summed E-state index contributed by atoms with van der Waals surface area (Å²) >= 11 is 0. The Hall–Kier alpha value is -3.19. The van der Waals surface area contributed by atoms with E-state index in [1.165, 1.54) is 12.7 Å². The number of fused-ring (bicyclic) bond motifs is 2. The van der Waals surface area contributed by atoms with E-state index in [1.807, 2.05) is 24.3 Å². The van der Waals surface area contributed by atoms with Gasteiger partial charge in [0.25, 0.3) is 5.56 Å². The molecule has 1 atom stereocenters. The number of hydrogen-bond acceptors (Lipinski definition) is 5. The van der Waals surface area contributed by atoms with Crippen molar-refractivity contribution in [1.29, 1.82) is 0 Å². The Balaban J connectivity index is 1.68. The number of aliphatic hydroxyl groups excluding tert-OH is 1. The van der Waals surface area contributed by atoms with Crippen molar-refractivity contribution in [2.45, 2.75) is 31.8 Å². The fourth-order valence-electron chi connectivity index (χ4n) is 4.30. The van der Waals surface area contributed by atoms with Gasteiger partial charge in [-0.3, -0.25) is 9.59 Å². The summed E-state index contributed by atoms with van der Waals surface area (Å²) in [4.78, 5) is 27.9. The van der Waals surface area contributed by atoms with Gasteiger partial charge in [0.05, 0.1) is 30.5 Å². The smallest absolute Gasteiger partial charge is 0.275 e. The second-order valence-electron chi connectivity index (χ2n) is 7.44. The van der Waals surface area contributed by atoms with Gasteiger partial charge in [-0.15, -0.1) is 5.10 Å². The van der Waals surface area contributed by atoms with Gasteiger partial charge in [0, 0.05) is 6.54 Å². The maximum Gasteiger partial charge on any atom is 0.275 e. The third-order valence-electron chi connectivity index (χ3n) is 5.69. The molecule has 3 aromatic rings. The van der Waals surface area contributed by atoms with E-state index >= 15 is 0 Å². The van der Waals surface area contributed by atoms with E-state index in [4.69, 9.17) is 4.74 Å². The van der Waals surface area contributed by atoms with E-state index in [-0.39, 0.29) is 37.2 Å². The normalized spacial score (nSPS) is 15.6. The third-order valence-corrected chi connectivity index (χ3v) is 5.69. The number of aryl methyl sites for hydroxylation is 1. The zero-order chi connectivity index (χ0) is 21.1. The molecule has 2 aromatic carbocycles. The van der Waals surface area contributed by atoms with Crippen LogP contribution in [-0.4, -0.2) is 46.0 Å². The summed E-state index contributed by atoms with van der Waals surface area (Å²) in [6.45, 7) is -0.149. The first-order valence-corrected chi connectivity index (χ1v) is 10.2. The zero-order valence-electron chi connectivity index (χ0n) is 17.0. The number of carbonyl (C=O) groups is 1. The largest absolute Gasteiger partial charge is 0.480 e. The van der Waals surface area contributed by atoms with Gasteiger partial charge in [-0.2, -0.15) is 0 Å². The van der Waals surface area contributed by atoms with Gasteiger partial charge >= 0.3 is 0 Å². The van der Waals surface area contributed by atoms with E-state index in [2.05, 4.69) is 11.2 Å². The molecule has 0 saturated heterocycles. The first-order chi connectivity index (χ1) is 14.6. The molecular weight excluding hydrogens is 382 g/mol. The summed E-state index contributed by atoms with van der Waals surface area (Å²) < 4.78 is 6.50. The topological polar surface area (TPSA) is 84.7 Å². The predicted octanol–water partition coefficient (Wildman–Crippen LogP) is 2.30. The lowest BCUT2D eigenvalue weighted by molar-refractivity contribution is -0.135. The van der Waals surface area contributed by atoms with E-state index in [0.717, 1.165) is 29.5 Å². The molecule has 0 aliphatic heterocycles. The summed E-state index contributed by atoms with van der Waals surface area (Å²) in [5, 5.41) is 14.9. The summed E-state index contributed by atoms with van der Waals surface area (Å²) in [5.74, 6) is 0.0485. The average Bonchev–Trinajstić information content (AvgIpc) is 2.79. The Kier molecular flexibility index (Phi) is 5.81. The number of nitrogens with zero attached hydrogens (tertiary/aromatic N) is 3. The second-order valence-corrected chi connectivity index (χ2v) is 7.44. The molecule has 0 bridgehead atoms. The Morgan fingerprint density at radius 1 is 1.20 bits per heavy atom. The minimum Gasteiger partial charge on any atom is -0.480 e. The van der Waals surface area contributed by atoms with Crippen LogP contribution < -0.4 is 10.3 Å². The monoisotopic (exact) mass is 407 g/mol. The SMILES string of the molecule is COc1nn(CC(=O)N(CCO)[C@@H]2CCCc3ccccc32)c(=O)c2ccccc12. The maximum atomic E-state index is 13.3. The molecule has 1 aliphatic rings. The molecule has 7 nitrogen and oxygen atoms in total. The standard InChI is InChI=1S/C23H25N3O4/c1-30-22-18-10-4-5-11-19(18)23(29)26(24-22)15-21(28)25(13-14-27)20-12-6-8-16-7-2-3-9-17(16)20/h2-5,7,9-11,20,27H,6,8,12-15H2,1H3/t20-/m1/s1. The van der Waals surface area contributed by atoms with Gasteiger partial charge in [-0.25, -0.2) is 4.68 Å². The van der Waals surface area contributed by atoms with Crippen LogP contribution in [0.3, 0.4) is 0 Å². The fraction of sp³-hybridized carbons (Fsp3) is 0.348. The van der Waals surface area contributed by atoms with Crippen LogP contribution in [0.4, 0.5) is 0 Å². The van der Waals surface area contributed by atoms with Crippen molar-refractivity contribution >= 4 is 16.7 Å². The molecule has 0 spiro atoms. The fourth-order valence-corrected chi connectivity index (χ4v) is 4.30. The summed E-state index contributed by atoms with van der Waals surface area (Å²) in [5.41, 5.74) is 2.00. The summed E-state index contributed by atoms with van der Waals surface area (Å²) in [6, 6.07) is 15.0. The van der Waals surface area contributed by atoms with E-state index < -0.39 is 0 Å². The molecule has 1 aliphatic carbocycles. The highest BCUT2D eigenvalue weighted by Crippen LogP contribution is 2.34. The van der Waals surface area contributed by atoms with Crippen LogP contribution >= 0.6 is 0 Å². The van der Waals surface area contributed by atoms with Crippen molar-refractivity contribution < 1.29 is 14.6 Å². The summed E-state index contributed by atoms with van der Waals surface area (Å²) in [7, 11) is 1.49. The lowest BCUT2D eigenvalue weighted by Gasteiger charge is -2.35. The number of aliphatic hydroxyl groups is 1. The minimum atomic E-state index is -0.340. The lowest BCUT2D eigenvalue weighted by Crippen LogP contribution is -2.42. The molecule has 0 radical (unpaired) electrons. The quantitative estimate of drug-likeness (QED) is 0.678. The van der Waals surface area contributed by atoms with Crippen molar-refractivity contribution in [3.05, 3.63) is 70.0 Å². The van der Waals surface area contributed by atoms with Gasteiger partial charge in [-0.1, -0.05) is 36.4 Å². The highest BCUT2D eigenvalue weighted by atomic mass is 16.5. The van der Waals surface area contributed by atoms with Crippen LogP contribution in [0.5, 0.6) is 5.88 Å². The van der Waals surface area contributed by atoms with E-state index in [1.54, 1.807) is 23.1 Å². The Morgan fingerprint density at radius 2 is 1.93 bits per heavy atom. The van der Waals surface area contributed by atoms with Crippen molar-refractivity contribution in [3.63, 3.8) is 0 Å². The molecule has 1 aromatic heterocycles. The summed E-state index contributed by atoms with van der Waals surface area (Å²) in [6.07, 6.45) is 2.78. The minimum absolute atomic E-state index is 0.118. The van der Waals surface area contributed by atoms with Crippen molar-refractivity contribution in [3.8, 4) is 5.88 Å². The van der Waals surface area contributed by atoms with Gasteiger partial charge in [0.1, 0.15) is 6.54 Å². The molecule has 0 fully saturated rings. The number of carbonyl (C=O) groups excluding carboxylic acids is 1. The Morgan fingerprint density at radius 3 is 2.70 bits per heavy atom. The molecule has 30 heavy (non-hydrogen) atoms. The number of ether oxygens (including phenoxy) is 1. The van der Waals surface area contributed by atoms with Crippen molar-refractivity contribution in [1.82, 2.24) is 14.7 Å². The molecule has 4 rings (SSSR count). The van der Waals surface area contributed by atoms with Gasteiger partial charge in [0.2, 0.25) is 11.8 Å². The highest BCUT2D eigenvalue weighted by molar-refractivity contribution is 5.86. The number of amides is 1. The van der Waals surface area contributed by atoms with Gasteiger partial charge in [-0.05, 0) is 42.5 Å². The van der Waals surface area contributed by atoms with Crippen LogP contribution in [0.1, 0.15) is 30.0 Å². The molecule has 156 valence electrons. The van der Waals surface area contributed by atoms with Crippen LogP contribution in [-0.2, 0) is 17.8 Å². The highest BCUT2D eigenvalue weighted by Gasteiger charge is 2.29. The second kappa shape index (κ2) is 8.67. The maximum absolute atomic E-state index is 13.3. The third kappa shape index (κ3) is 3.68. The predicted molar refractivity (Wildman–Crippen MR) is 113 cm³/mol. The van der Waals surface area contributed by atoms with Gasteiger partial charge in [0.15, 0.2) is 0 Å². The molecule has 0 saturated carbocycles. The Labute approximate surface area is 174 Å². The average molecular weight is 407 g/mol. The number of benzene rings is 2. The van der Waals surface area contributed by atoms with Crippen molar-refractivity contribution in [2.24, 2.45) is 0 Å². The molecule has 1 amide bonds. The number of hydrogen-bond donors (Lipinski definition) is 1. The molecule has 1 heterocycles. The molecule has 0 unspecified atom stereocenters. The first-order valence-electron chi connectivity index (χ1n) is 10.2. The van der Waals surface area contributed by atoms with E-state index in [0.29, 0.717) is 16.7 Å². The number of aromatic nitrogens is 2. The molecule has 7 heteroatoms. The first kappa shape index (κ1) is 20.1. The van der Waals surface area contributed by atoms with Crippen LogP contribution in [0, 0.1) is 0 Å². The van der Waals surface area contributed by atoms with Crippen molar-refractivity contribution in [2.75, 3.05) is 20.3 Å². The van der Waals surface area contributed by atoms with Crippen LogP contribution in [0.2, 0.25) is 0 Å². The van der Waals surface area contributed by atoms with Gasteiger partial charge < -0.3 is 14.7 Å². The van der Waals surface area contributed by atoms with E-state index in [9.17, 15) is 14.7 Å². The number of rotatable bonds is 6. The lowest BCUT2D eigenvalue weighted by atomic mass is 9.86. The molecule has 1 N–H and O–H groups in total. The van der Waals surface area contributed by atoms with Crippen LogP contribution in [0.15, 0.2) is 53.3 Å². The van der Waals surface area contributed by atoms with Crippen LogP contribution in [0.25, 0.3) is 10.8 Å². The molecular formula is C23H25N3O4. The zero-order valence-corrected chi connectivity index (χ0v) is 17.0. The Bertz CT molecular complexity index is 1120.